The molecule has 4 aliphatic rings. The van der Waals surface area contributed by atoms with Gasteiger partial charge in [0.15, 0.2) is 6.61 Å². The van der Waals surface area contributed by atoms with E-state index in [-0.39, 0.29) is 18.2 Å². The Balaban J connectivity index is 1.15. The Hall–Kier alpha value is -2.72. The minimum absolute atomic E-state index is 0.0349. The Morgan fingerprint density at radius 3 is 1.92 bits per heavy atom. The van der Waals surface area contributed by atoms with E-state index in [4.69, 9.17) is 9.47 Å². The third-order valence-electron chi connectivity index (χ3n) is 8.89. The average Bonchev–Trinajstić information content (AvgIpc) is 2.88. The molecule has 0 aliphatic heterocycles. The van der Waals surface area contributed by atoms with Gasteiger partial charge in [-0.2, -0.15) is 10.9 Å². The molecule has 3 aromatic carbocycles. The third-order valence-corrected chi connectivity index (χ3v) is 11.5. The summed E-state index contributed by atoms with van der Waals surface area (Å²) >= 11 is 0. The first-order valence-electron chi connectivity index (χ1n) is 13.3. The maximum absolute atomic E-state index is 12.9. The van der Waals surface area contributed by atoms with E-state index >= 15 is 0 Å². The lowest BCUT2D eigenvalue weighted by Gasteiger charge is -2.59. The Morgan fingerprint density at radius 1 is 0.833 bits per heavy atom. The fourth-order valence-corrected chi connectivity index (χ4v) is 9.69. The number of hydrogen-bond acceptors (Lipinski definition) is 3. The summed E-state index contributed by atoms with van der Waals surface area (Å²) in [5.74, 6) is 3.24. The van der Waals surface area contributed by atoms with Crippen LogP contribution in [0.3, 0.4) is 0 Å². The Morgan fingerprint density at radius 2 is 1.39 bits per heavy atom. The highest BCUT2D eigenvalue weighted by atomic mass is 32.2. The van der Waals surface area contributed by atoms with Gasteiger partial charge >= 0.3 is 5.97 Å². The molecule has 0 unspecified atom stereocenters. The smallest absolute Gasteiger partial charge is 0.344 e. The van der Waals surface area contributed by atoms with E-state index in [0.29, 0.717) is 11.8 Å². The number of ether oxygens (including phenoxy) is 2. The molecule has 4 aliphatic carbocycles. The zero-order valence-corrected chi connectivity index (χ0v) is 22.1. The molecule has 36 heavy (non-hydrogen) atoms. The van der Waals surface area contributed by atoms with Crippen LogP contribution in [0.5, 0.6) is 5.75 Å². The molecule has 0 heterocycles. The Bertz CT molecular complexity index is 1160. The fourth-order valence-electron chi connectivity index (χ4n) is 7.25. The van der Waals surface area contributed by atoms with Crippen LogP contribution in [-0.4, -0.2) is 18.2 Å². The van der Waals surface area contributed by atoms with E-state index in [1.165, 1.54) is 52.4 Å². The van der Waals surface area contributed by atoms with E-state index in [9.17, 15) is 4.79 Å². The molecule has 4 bridgehead atoms. The monoisotopic (exact) mass is 500 g/mol. The minimum atomic E-state index is -0.673. The van der Waals surface area contributed by atoms with Gasteiger partial charge in [-0.1, -0.05) is 36.4 Å². The number of carbonyl (C=O) groups excluding carboxylic acids is 1. The maximum atomic E-state index is 12.9. The van der Waals surface area contributed by atoms with Crippen molar-refractivity contribution in [3.05, 3.63) is 84.4 Å². The largest absolute Gasteiger partial charge is 0.482 e. The number of rotatable bonds is 7. The van der Waals surface area contributed by atoms with Crippen molar-refractivity contribution in [3.8, 4) is 5.75 Å². The van der Waals surface area contributed by atoms with E-state index in [2.05, 4.69) is 86.6 Å². The number of aryl methyl sites for hydroxylation is 1. The highest BCUT2D eigenvalue weighted by molar-refractivity contribution is 8.17. The molecule has 4 saturated carbocycles. The van der Waals surface area contributed by atoms with Crippen LogP contribution in [-0.2, 0) is 9.53 Å². The number of carbonyl (C=O) groups is 1. The standard InChI is InChI=1S/C32H36O3S/c1-22-15-27(13-14-30(22)36(28-9-5-3-6-10-28)29-11-7-4-8-12-29)34-21-31(33)35-32(2)25-17-23-16-24(19-25)20-26(32)18-23/h3-15,23-26,36H,16-21H2,1-2H3. The second-order valence-corrected chi connectivity index (χ2v) is 13.4. The third kappa shape index (κ3) is 4.45. The zero-order valence-electron chi connectivity index (χ0n) is 21.2. The highest BCUT2D eigenvalue weighted by Gasteiger charge is 2.57. The summed E-state index contributed by atoms with van der Waals surface area (Å²) < 4.78 is 12.1. The topological polar surface area (TPSA) is 35.5 Å². The van der Waals surface area contributed by atoms with Gasteiger partial charge in [0.25, 0.3) is 0 Å². The van der Waals surface area contributed by atoms with E-state index in [0.717, 1.165) is 17.6 Å². The fraction of sp³-hybridized carbons (Fsp3) is 0.406. The molecule has 4 fully saturated rings. The van der Waals surface area contributed by atoms with Crippen molar-refractivity contribution < 1.29 is 14.3 Å². The van der Waals surface area contributed by atoms with Crippen molar-refractivity contribution in [1.29, 1.82) is 0 Å². The second-order valence-electron chi connectivity index (χ2n) is 11.2. The highest BCUT2D eigenvalue weighted by Crippen LogP contribution is 2.59. The van der Waals surface area contributed by atoms with Crippen molar-refractivity contribution in [2.75, 3.05) is 6.61 Å². The van der Waals surface area contributed by atoms with Gasteiger partial charge in [-0.25, -0.2) is 4.79 Å². The Kier molecular flexibility index (Phi) is 6.33. The van der Waals surface area contributed by atoms with Crippen molar-refractivity contribution in [2.45, 2.75) is 66.2 Å². The lowest BCUT2D eigenvalue weighted by molar-refractivity contribution is -0.204. The van der Waals surface area contributed by atoms with Crippen LogP contribution in [0.1, 0.15) is 44.6 Å². The van der Waals surface area contributed by atoms with Crippen molar-refractivity contribution in [3.63, 3.8) is 0 Å². The molecule has 0 atom stereocenters. The summed E-state index contributed by atoms with van der Waals surface area (Å²) in [6.45, 7) is 4.29. The van der Waals surface area contributed by atoms with Crippen LogP contribution < -0.4 is 4.74 Å². The SMILES string of the molecule is Cc1cc(OCC(=O)OC2(C)C3CC4CC(C3)CC2C4)ccc1[SH](c1ccccc1)c1ccccc1. The summed E-state index contributed by atoms with van der Waals surface area (Å²) in [5.41, 5.74) is 0.863. The molecule has 0 radical (unpaired) electrons. The predicted octanol–water partition coefficient (Wildman–Crippen LogP) is 7.61. The van der Waals surface area contributed by atoms with E-state index < -0.39 is 10.9 Å². The molecule has 188 valence electrons. The van der Waals surface area contributed by atoms with Crippen LogP contribution in [0.4, 0.5) is 0 Å². The number of hydrogen-bond donors (Lipinski definition) is 1. The number of thiol groups is 1. The zero-order chi connectivity index (χ0) is 24.7. The maximum Gasteiger partial charge on any atom is 0.344 e. The van der Waals surface area contributed by atoms with E-state index in [1.807, 2.05) is 6.07 Å². The van der Waals surface area contributed by atoms with Crippen LogP contribution >= 0.6 is 10.9 Å². The summed E-state index contributed by atoms with van der Waals surface area (Å²) in [7, 11) is -0.673. The van der Waals surface area contributed by atoms with Gasteiger partial charge in [0.05, 0.1) is 0 Å². The number of benzene rings is 3. The van der Waals surface area contributed by atoms with Crippen LogP contribution in [0.25, 0.3) is 0 Å². The minimum Gasteiger partial charge on any atom is -0.482 e. The molecule has 0 spiro atoms. The quantitative estimate of drug-likeness (QED) is 0.268. The average molecular weight is 501 g/mol. The van der Waals surface area contributed by atoms with Crippen LogP contribution in [0, 0.1) is 30.6 Å². The molecule has 0 aromatic heterocycles. The van der Waals surface area contributed by atoms with Gasteiger partial charge in [-0.3, -0.25) is 0 Å². The van der Waals surface area contributed by atoms with Gasteiger partial charge in [0.1, 0.15) is 11.4 Å². The first-order chi connectivity index (χ1) is 17.5. The summed E-state index contributed by atoms with van der Waals surface area (Å²) in [6.07, 6.45) is 6.30. The van der Waals surface area contributed by atoms with Crippen molar-refractivity contribution in [2.24, 2.45) is 23.7 Å². The summed E-state index contributed by atoms with van der Waals surface area (Å²) in [4.78, 5) is 16.8. The van der Waals surface area contributed by atoms with Gasteiger partial charge in [0.2, 0.25) is 0 Å². The molecular weight excluding hydrogens is 464 g/mol. The van der Waals surface area contributed by atoms with Gasteiger partial charge in [-0.05, 0) is 132 Å². The molecule has 4 heteroatoms. The number of esters is 1. The molecule has 3 aromatic rings. The van der Waals surface area contributed by atoms with Gasteiger partial charge < -0.3 is 9.47 Å². The lowest BCUT2D eigenvalue weighted by Crippen LogP contribution is -2.58. The molecule has 7 rings (SSSR count). The van der Waals surface area contributed by atoms with Gasteiger partial charge in [0, 0.05) is 0 Å². The van der Waals surface area contributed by atoms with Crippen LogP contribution in [0.15, 0.2) is 93.5 Å². The summed E-state index contributed by atoms with van der Waals surface area (Å²) in [5, 5.41) is 0. The van der Waals surface area contributed by atoms with E-state index in [1.54, 1.807) is 0 Å². The molecule has 0 N–H and O–H groups in total. The first-order valence-corrected chi connectivity index (χ1v) is 14.7. The van der Waals surface area contributed by atoms with Crippen molar-refractivity contribution >= 4 is 16.9 Å². The van der Waals surface area contributed by atoms with Crippen LogP contribution in [0.2, 0.25) is 0 Å². The molecule has 0 amide bonds. The van der Waals surface area contributed by atoms with Crippen molar-refractivity contribution in [1.82, 2.24) is 0 Å². The molecular formula is C32H36O3S. The predicted molar refractivity (Wildman–Crippen MR) is 145 cm³/mol. The second kappa shape index (κ2) is 9.63. The summed E-state index contributed by atoms with van der Waals surface area (Å²) in [6, 6.07) is 27.6. The Labute approximate surface area is 217 Å². The molecule has 0 saturated heterocycles. The van der Waals surface area contributed by atoms with Gasteiger partial charge in [-0.15, -0.1) is 0 Å². The normalized spacial score (nSPS) is 28.6. The molecule has 3 nitrogen and oxygen atoms in total. The first kappa shape index (κ1) is 23.7. The lowest BCUT2D eigenvalue weighted by atomic mass is 9.50.